The molecule has 0 N–H and O–H groups in total. The standard InChI is InChI=1S/C62H43N3/c1-4-16-44(17-5-1)46-30-35-52(36-31-46)64(54-40-41-59-58-24-12-13-28-61(58)65(62(59)43-54)50-22-8-3-9-23-50)60-29-15-26-56-55(25-14-27-57(56)60)47-33-37-51(38-34-47)63(49-20-6-2-7-21-49)53-39-32-45-18-10-11-19-48(45)42-53/h1-43H/i33D,34D,37D,38D. The zero-order valence-electron chi connectivity index (χ0n) is 39.4. The summed E-state index contributed by atoms with van der Waals surface area (Å²) in [5.41, 5.74) is 10.8. The van der Waals surface area contributed by atoms with Crippen molar-refractivity contribution in [2.24, 2.45) is 0 Å². The van der Waals surface area contributed by atoms with Gasteiger partial charge in [-0.05, 0) is 123 Å². The van der Waals surface area contributed by atoms with Crippen molar-refractivity contribution in [1.29, 1.82) is 0 Å². The average Bonchev–Trinajstić information content (AvgIpc) is 3.74. The number of para-hydroxylation sites is 3. The molecule has 11 aromatic carbocycles. The summed E-state index contributed by atoms with van der Waals surface area (Å²) >= 11 is 0. The smallest absolute Gasteiger partial charge is 0.0645 e. The summed E-state index contributed by atoms with van der Waals surface area (Å²) in [6, 6.07) is 80.1. The molecule has 3 heteroatoms. The van der Waals surface area contributed by atoms with Crippen LogP contribution in [0, 0.1) is 0 Å². The molecular formula is C62H43N3. The fourth-order valence-corrected chi connectivity index (χ4v) is 9.37. The predicted octanol–water partition coefficient (Wildman–Crippen LogP) is 17.4. The maximum absolute atomic E-state index is 9.72. The fraction of sp³-hybridized carbons (Fsp3) is 0. The second-order valence-electron chi connectivity index (χ2n) is 16.2. The van der Waals surface area contributed by atoms with Crippen molar-refractivity contribution in [3.63, 3.8) is 0 Å². The molecule has 0 unspecified atom stereocenters. The third-order valence-corrected chi connectivity index (χ3v) is 12.4. The van der Waals surface area contributed by atoms with E-state index in [4.69, 9.17) is 0 Å². The van der Waals surface area contributed by atoms with Crippen molar-refractivity contribution in [2.45, 2.75) is 0 Å². The number of fused-ring (bicyclic) bond motifs is 5. The summed E-state index contributed by atoms with van der Waals surface area (Å²) in [5.74, 6) is 0. The molecule has 0 aliphatic rings. The Balaban J connectivity index is 1.05. The zero-order chi connectivity index (χ0) is 46.6. The predicted molar refractivity (Wildman–Crippen MR) is 276 cm³/mol. The lowest BCUT2D eigenvalue weighted by atomic mass is 9.96. The molecule has 0 saturated carbocycles. The van der Waals surface area contributed by atoms with Crippen LogP contribution in [0.25, 0.3) is 71.3 Å². The van der Waals surface area contributed by atoms with Crippen LogP contribution in [0.4, 0.5) is 34.1 Å². The summed E-state index contributed by atoms with van der Waals surface area (Å²) in [6.07, 6.45) is 0. The van der Waals surface area contributed by atoms with Gasteiger partial charge in [0.05, 0.1) is 22.2 Å². The molecule has 0 saturated heterocycles. The second-order valence-corrected chi connectivity index (χ2v) is 16.2. The summed E-state index contributed by atoms with van der Waals surface area (Å²) in [6.45, 7) is 0. The Morgan fingerprint density at radius 2 is 0.877 bits per heavy atom. The molecule has 65 heavy (non-hydrogen) atoms. The van der Waals surface area contributed by atoms with Crippen LogP contribution in [0.3, 0.4) is 0 Å². The Kier molecular flexibility index (Phi) is 8.47. The van der Waals surface area contributed by atoms with Crippen LogP contribution in [-0.4, -0.2) is 4.57 Å². The van der Waals surface area contributed by atoms with Gasteiger partial charge in [0.25, 0.3) is 0 Å². The van der Waals surface area contributed by atoms with E-state index in [2.05, 4.69) is 143 Å². The minimum atomic E-state index is -0.126. The molecule has 0 fully saturated rings. The third-order valence-electron chi connectivity index (χ3n) is 12.4. The molecule has 306 valence electrons. The van der Waals surface area contributed by atoms with Crippen LogP contribution in [-0.2, 0) is 0 Å². The molecule has 0 amide bonds. The van der Waals surface area contributed by atoms with Crippen molar-refractivity contribution in [3.05, 3.63) is 261 Å². The van der Waals surface area contributed by atoms with Crippen LogP contribution in [0.5, 0.6) is 0 Å². The molecule has 3 nitrogen and oxygen atoms in total. The van der Waals surface area contributed by atoms with E-state index in [1.54, 1.807) is 0 Å². The highest BCUT2D eigenvalue weighted by atomic mass is 15.1. The minimum Gasteiger partial charge on any atom is -0.310 e. The number of benzene rings is 11. The number of aromatic nitrogens is 1. The minimum absolute atomic E-state index is 0.113. The first-order valence-electron chi connectivity index (χ1n) is 23.9. The topological polar surface area (TPSA) is 11.4 Å². The van der Waals surface area contributed by atoms with Crippen molar-refractivity contribution >= 4 is 77.5 Å². The van der Waals surface area contributed by atoms with Crippen molar-refractivity contribution in [3.8, 4) is 27.9 Å². The van der Waals surface area contributed by atoms with Crippen LogP contribution >= 0.6 is 0 Å². The van der Waals surface area contributed by atoms with Gasteiger partial charge in [-0.3, -0.25) is 0 Å². The first-order valence-corrected chi connectivity index (χ1v) is 21.9. The van der Waals surface area contributed by atoms with Gasteiger partial charge in [-0.1, -0.05) is 176 Å². The number of anilines is 6. The number of nitrogens with zero attached hydrogens (tertiary/aromatic N) is 3. The molecule has 12 aromatic rings. The summed E-state index contributed by atoms with van der Waals surface area (Å²) < 4.78 is 41.1. The molecular weight excluding hydrogens is 787 g/mol. The highest BCUT2D eigenvalue weighted by molar-refractivity contribution is 6.11. The molecule has 0 aliphatic heterocycles. The van der Waals surface area contributed by atoms with Gasteiger partial charge in [0, 0.05) is 50.3 Å². The summed E-state index contributed by atoms with van der Waals surface area (Å²) in [4.78, 5) is 4.12. The van der Waals surface area contributed by atoms with E-state index in [1.807, 2.05) is 108 Å². The molecule has 0 radical (unpaired) electrons. The fourth-order valence-electron chi connectivity index (χ4n) is 9.37. The van der Waals surface area contributed by atoms with Gasteiger partial charge < -0.3 is 14.4 Å². The normalized spacial score (nSPS) is 12.2. The van der Waals surface area contributed by atoms with Crippen molar-refractivity contribution < 1.29 is 5.48 Å². The van der Waals surface area contributed by atoms with E-state index in [0.29, 0.717) is 5.56 Å². The SMILES string of the molecule is [2H]c1c([2H])c(N(c2ccccc2)c2ccc3ccccc3c2)c([2H])c([2H])c1-c1cccc2c(N(c3ccc(-c4ccccc4)cc3)c3ccc4c5ccccc5n(-c5ccccc5)c4c3)cccc12. The van der Waals surface area contributed by atoms with Crippen molar-refractivity contribution in [1.82, 2.24) is 4.57 Å². The quantitative estimate of drug-likeness (QED) is 0.144. The zero-order valence-corrected chi connectivity index (χ0v) is 35.4. The third kappa shape index (κ3) is 6.87. The van der Waals surface area contributed by atoms with E-state index >= 15 is 0 Å². The summed E-state index contributed by atoms with van der Waals surface area (Å²) in [7, 11) is 0. The second kappa shape index (κ2) is 16.2. The molecule has 0 bridgehead atoms. The lowest BCUT2D eigenvalue weighted by Crippen LogP contribution is -2.11. The van der Waals surface area contributed by atoms with Gasteiger partial charge in [-0.2, -0.15) is 0 Å². The van der Waals surface area contributed by atoms with Gasteiger partial charge in [0.1, 0.15) is 0 Å². The van der Waals surface area contributed by atoms with Crippen LogP contribution < -0.4 is 9.80 Å². The van der Waals surface area contributed by atoms with E-state index in [1.165, 1.54) is 5.39 Å². The number of hydrogen-bond acceptors (Lipinski definition) is 2. The molecule has 0 aliphatic carbocycles. The largest absolute Gasteiger partial charge is 0.310 e. The first kappa shape index (κ1) is 33.9. The van der Waals surface area contributed by atoms with Gasteiger partial charge in [-0.25, -0.2) is 0 Å². The highest BCUT2D eigenvalue weighted by Crippen LogP contribution is 2.45. The highest BCUT2D eigenvalue weighted by Gasteiger charge is 2.21. The first-order chi connectivity index (χ1) is 33.9. The van der Waals surface area contributed by atoms with E-state index < -0.39 is 0 Å². The average molecular weight is 834 g/mol. The van der Waals surface area contributed by atoms with Crippen LogP contribution in [0.2, 0.25) is 0 Å². The van der Waals surface area contributed by atoms with Gasteiger partial charge in [-0.15, -0.1) is 0 Å². The van der Waals surface area contributed by atoms with Crippen molar-refractivity contribution in [2.75, 3.05) is 9.80 Å². The Labute approximate surface area is 384 Å². The van der Waals surface area contributed by atoms with Crippen LogP contribution in [0.15, 0.2) is 261 Å². The Morgan fingerprint density at radius 1 is 0.308 bits per heavy atom. The molecule has 12 rings (SSSR count). The monoisotopic (exact) mass is 833 g/mol. The van der Waals surface area contributed by atoms with Gasteiger partial charge in [0.2, 0.25) is 0 Å². The molecule has 0 atom stereocenters. The summed E-state index contributed by atoms with van der Waals surface area (Å²) in [5, 5.41) is 6.10. The molecule has 1 heterocycles. The lowest BCUT2D eigenvalue weighted by Gasteiger charge is -2.28. The van der Waals surface area contributed by atoms with E-state index in [-0.39, 0.29) is 35.4 Å². The van der Waals surface area contributed by atoms with Gasteiger partial charge >= 0.3 is 0 Å². The Morgan fingerprint density at radius 3 is 1.68 bits per heavy atom. The Hall–Kier alpha value is -8.66. The maximum Gasteiger partial charge on any atom is 0.0645 e. The molecule has 1 aromatic heterocycles. The maximum atomic E-state index is 9.72. The lowest BCUT2D eigenvalue weighted by molar-refractivity contribution is 1.18. The van der Waals surface area contributed by atoms with Crippen LogP contribution in [0.1, 0.15) is 5.48 Å². The Bertz CT molecular complexity index is 3860. The van der Waals surface area contributed by atoms with Gasteiger partial charge in [0.15, 0.2) is 0 Å². The van der Waals surface area contributed by atoms with E-state index in [9.17, 15) is 5.48 Å². The molecule has 0 spiro atoms. The number of hydrogen-bond donors (Lipinski definition) is 0. The van der Waals surface area contributed by atoms with E-state index in [0.717, 1.165) is 83.2 Å². The number of rotatable bonds is 9.